The number of allylic oxidation sites excluding steroid dienone is 3. The number of hydrogen-bond donors (Lipinski definition) is 1. The summed E-state index contributed by atoms with van der Waals surface area (Å²) >= 11 is 0. The van der Waals surface area contributed by atoms with Crippen LogP contribution in [-0.4, -0.2) is 11.7 Å². The van der Waals surface area contributed by atoms with Gasteiger partial charge in [0.05, 0.1) is 0 Å². The van der Waals surface area contributed by atoms with Crippen LogP contribution in [0.5, 0.6) is 0 Å². The molecule has 0 aliphatic heterocycles. The molecule has 0 radical (unpaired) electrons. The molecule has 0 amide bonds. The normalized spacial score (nSPS) is 13.6. The van der Waals surface area contributed by atoms with Crippen LogP contribution in [0.25, 0.3) is 0 Å². The fourth-order valence-electron chi connectivity index (χ4n) is 2.18. The van der Waals surface area contributed by atoms with Crippen LogP contribution in [0.3, 0.4) is 0 Å². The molecule has 0 aromatic carbocycles. The average molecular weight is 280 g/mol. The van der Waals surface area contributed by atoms with Crippen molar-refractivity contribution in [3.05, 3.63) is 24.3 Å². The van der Waals surface area contributed by atoms with Gasteiger partial charge >= 0.3 is 0 Å². The second kappa shape index (κ2) is 16.5. The van der Waals surface area contributed by atoms with E-state index >= 15 is 0 Å². The van der Waals surface area contributed by atoms with E-state index in [9.17, 15) is 0 Å². The van der Waals surface area contributed by atoms with Crippen molar-refractivity contribution in [1.82, 2.24) is 0 Å². The fraction of sp³-hybridized carbons (Fsp3) is 0.789. The Morgan fingerprint density at radius 3 is 1.80 bits per heavy atom. The molecule has 118 valence electrons. The molecular weight excluding hydrogens is 244 g/mol. The van der Waals surface area contributed by atoms with Gasteiger partial charge in [-0.2, -0.15) is 0 Å². The Labute approximate surface area is 127 Å². The Kier molecular flexibility index (Phi) is 16.0. The van der Waals surface area contributed by atoms with Gasteiger partial charge in [0, 0.05) is 6.61 Å². The molecule has 20 heavy (non-hydrogen) atoms. The van der Waals surface area contributed by atoms with E-state index in [2.05, 4.69) is 31.2 Å². The van der Waals surface area contributed by atoms with Crippen molar-refractivity contribution >= 4 is 0 Å². The highest BCUT2D eigenvalue weighted by Gasteiger charge is 1.92. The highest BCUT2D eigenvalue weighted by atomic mass is 16.3. The highest BCUT2D eigenvalue weighted by molar-refractivity contribution is 4.85. The molecule has 0 rings (SSSR count). The molecule has 1 atom stereocenters. The van der Waals surface area contributed by atoms with Crippen molar-refractivity contribution in [2.24, 2.45) is 5.92 Å². The molecule has 0 spiro atoms. The summed E-state index contributed by atoms with van der Waals surface area (Å²) in [4.78, 5) is 0. The zero-order valence-electron chi connectivity index (χ0n) is 13.8. The summed E-state index contributed by atoms with van der Waals surface area (Å²) in [6.07, 6.45) is 23.6. The fourth-order valence-corrected chi connectivity index (χ4v) is 2.18. The molecule has 1 unspecified atom stereocenters. The third kappa shape index (κ3) is 15.5. The summed E-state index contributed by atoms with van der Waals surface area (Å²) in [6, 6.07) is 0. The highest BCUT2D eigenvalue weighted by Crippen LogP contribution is 2.10. The maximum absolute atomic E-state index is 8.88. The first kappa shape index (κ1) is 19.4. The van der Waals surface area contributed by atoms with Crippen LogP contribution < -0.4 is 0 Å². The van der Waals surface area contributed by atoms with E-state index in [1.165, 1.54) is 70.6 Å². The molecule has 0 fully saturated rings. The minimum absolute atomic E-state index is 0.267. The van der Waals surface area contributed by atoms with Crippen molar-refractivity contribution < 1.29 is 5.11 Å². The SMILES string of the molecule is CCCCC=CCCCCCCCCC=CC(C)CO. The molecule has 1 heteroatoms. The number of aliphatic hydroxyl groups is 1. The molecule has 0 aromatic rings. The van der Waals surface area contributed by atoms with Crippen molar-refractivity contribution in [3.8, 4) is 0 Å². The maximum Gasteiger partial charge on any atom is 0.0491 e. The zero-order valence-corrected chi connectivity index (χ0v) is 13.8. The van der Waals surface area contributed by atoms with Crippen LogP contribution in [-0.2, 0) is 0 Å². The Hall–Kier alpha value is -0.560. The lowest BCUT2D eigenvalue weighted by molar-refractivity contribution is 0.262. The predicted molar refractivity (Wildman–Crippen MR) is 91.0 cm³/mol. The van der Waals surface area contributed by atoms with E-state index in [1.807, 2.05) is 6.92 Å². The van der Waals surface area contributed by atoms with Crippen LogP contribution >= 0.6 is 0 Å². The smallest absolute Gasteiger partial charge is 0.0491 e. The van der Waals surface area contributed by atoms with Gasteiger partial charge in [0.2, 0.25) is 0 Å². The van der Waals surface area contributed by atoms with Crippen LogP contribution in [0.15, 0.2) is 24.3 Å². The van der Waals surface area contributed by atoms with Crippen LogP contribution in [0, 0.1) is 5.92 Å². The zero-order chi connectivity index (χ0) is 14.9. The lowest BCUT2D eigenvalue weighted by atomic mass is 10.1. The van der Waals surface area contributed by atoms with Crippen molar-refractivity contribution in [3.63, 3.8) is 0 Å². The Morgan fingerprint density at radius 1 is 0.750 bits per heavy atom. The first-order chi connectivity index (χ1) is 9.81. The van der Waals surface area contributed by atoms with Gasteiger partial charge in [0.1, 0.15) is 0 Å². The van der Waals surface area contributed by atoms with Gasteiger partial charge in [-0.25, -0.2) is 0 Å². The molecule has 0 saturated carbocycles. The summed E-state index contributed by atoms with van der Waals surface area (Å²) in [7, 11) is 0. The van der Waals surface area contributed by atoms with E-state index in [0.717, 1.165) is 0 Å². The third-order valence-electron chi connectivity index (χ3n) is 3.64. The number of unbranched alkanes of at least 4 members (excludes halogenated alkanes) is 9. The largest absolute Gasteiger partial charge is 0.396 e. The minimum Gasteiger partial charge on any atom is -0.396 e. The van der Waals surface area contributed by atoms with Crippen molar-refractivity contribution in [2.45, 2.75) is 84.5 Å². The topological polar surface area (TPSA) is 20.2 Å². The summed E-state index contributed by atoms with van der Waals surface area (Å²) in [5.74, 6) is 0.320. The summed E-state index contributed by atoms with van der Waals surface area (Å²) < 4.78 is 0. The molecule has 0 saturated heterocycles. The standard InChI is InChI=1S/C19H36O/c1-3-4-5-6-7-8-9-10-11-12-13-14-15-16-17-19(2)18-20/h6-7,16-17,19-20H,3-5,8-15,18H2,1-2H3. The molecule has 1 N–H and O–H groups in total. The first-order valence-corrected chi connectivity index (χ1v) is 8.73. The monoisotopic (exact) mass is 280 g/mol. The molecule has 0 bridgehead atoms. The van der Waals surface area contributed by atoms with Crippen molar-refractivity contribution in [1.29, 1.82) is 0 Å². The van der Waals surface area contributed by atoms with Gasteiger partial charge in [-0.05, 0) is 38.0 Å². The molecule has 0 aliphatic rings. The van der Waals surface area contributed by atoms with E-state index in [0.29, 0.717) is 5.92 Å². The molecule has 1 nitrogen and oxygen atoms in total. The molecule has 0 heterocycles. The van der Waals surface area contributed by atoms with Crippen LogP contribution in [0.2, 0.25) is 0 Å². The first-order valence-electron chi connectivity index (χ1n) is 8.73. The maximum atomic E-state index is 8.88. The summed E-state index contributed by atoms with van der Waals surface area (Å²) in [5, 5.41) is 8.88. The van der Waals surface area contributed by atoms with Gasteiger partial charge < -0.3 is 5.11 Å². The average Bonchev–Trinajstić information content (AvgIpc) is 2.47. The van der Waals surface area contributed by atoms with Gasteiger partial charge in [-0.3, -0.25) is 0 Å². The predicted octanol–water partition coefficient (Wildman–Crippen LogP) is 6.04. The van der Waals surface area contributed by atoms with E-state index in [1.54, 1.807) is 0 Å². The molecule has 0 aliphatic carbocycles. The second-order valence-electron chi connectivity index (χ2n) is 5.90. The van der Waals surface area contributed by atoms with Crippen molar-refractivity contribution in [2.75, 3.05) is 6.61 Å². The van der Waals surface area contributed by atoms with Gasteiger partial charge in [-0.15, -0.1) is 0 Å². The Bertz CT molecular complexity index is 230. The van der Waals surface area contributed by atoms with Gasteiger partial charge in [0.15, 0.2) is 0 Å². The molecule has 0 aromatic heterocycles. The third-order valence-corrected chi connectivity index (χ3v) is 3.64. The number of hydrogen-bond acceptors (Lipinski definition) is 1. The summed E-state index contributed by atoms with van der Waals surface area (Å²) in [5.41, 5.74) is 0. The number of aliphatic hydroxyl groups excluding tert-OH is 1. The Balaban J connectivity index is 3.13. The van der Waals surface area contributed by atoms with Crippen LogP contribution in [0.1, 0.15) is 84.5 Å². The van der Waals surface area contributed by atoms with E-state index < -0.39 is 0 Å². The van der Waals surface area contributed by atoms with Crippen LogP contribution in [0.4, 0.5) is 0 Å². The van der Waals surface area contributed by atoms with E-state index in [4.69, 9.17) is 5.11 Å². The summed E-state index contributed by atoms with van der Waals surface area (Å²) in [6.45, 7) is 4.56. The quantitative estimate of drug-likeness (QED) is 0.304. The minimum atomic E-state index is 0.267. The second-order valence-corrected chi connectivity index (χ2v) is 5.90. The van der Waals surface area contributed by atoms with Gasteiger partial charge in [-0.1, -0.05) is 76.7 Å². The van der Waals surface area contributed by atoms with Gasteiger partial charge in [0.25, 0.3) is 0 Å². The Morgan fingerprint density at radius 2 is 1.25 bits per heavy atom. The lowest BCUT2D eigenvalue weighted by Crippen LogP contribution is -1.94. The molecular formula is C19H36O. The van der Waals surface area contributed by atoms with E-state index in [-0.39, 0.29) is 6.61 Å². The lowest BCUT2D eigenvalue weighted by Gasteiger charge is -2.00. The number of rotatable bonds is 14.